The highest BCUT2D eigenvalue weighted by Crippen LogP contribution is 2.25. The van der Waals surface area contributed by atoms with Crippen molar-refractivity contribution in [1.82, 2.24) is 10.3 Å². The fourth-order valence-electron chi connectivity index (χ4n) is 2.84. The Morgan fingerprint density at radius 1 is 1.55 bits per heavy atom. The molecule has 1 heterocycles. The van der Waals surface area contributed by atoms with E-state index in [1.54, 1.807) is 6.07 Å². The summed E-state index contributed by atoms with van der Waals surface area (Å²) < 4.78 is 19.1. The van der Waals surface area contributed by atoms with Gasteiger partial charge in [0.25, 0.3) is 0 Å². The van der Waals surface area contributed by atoms with Gasteiger partial charge in [0.1, 0.15) is 5.82 Å². The topological polar surface area (TPSA) is 50.5 Å². The summed E-state index contributed by atoms with van der Waals surface area (Å²) in [5.41, 5.74) is 4.73. The van der Waals surface area contributed by atoms with Crippen molar-refractivity contribution in [2.24, 2.45) is 5.84 Å². The lowest BCUT2D eigenvalue weighted by Gasteiger charge is -2.37. The molecule has 1 aromatic carbocycles. The fraction of sp³-hybridized carbons (Fsp3) is 0.600. The smallest absolute Gasteiger partial charge is 0.123 e. The van der Waals surface area contributed by atoms with Crippen molar-refractivity contribution in [1.29, 1.82) is 0 Å². The highest BCUT2D eigenvalue weighted by molar-refractivity contribution is 5.30. The monoisotopic (exact) mass is 281 g/mol. The number of hydrazine groups is 1. The van der Waals surface area contributed by atoms with Crippen LogP contribution in [-0.4, -0.2) is 37.2 Å². The summed E-state index contributed by atoms with van der Waals surface area (Å²) in [6.07, 6.45) is 1.12. The molecule has 1 saturated heterocycles. The molecular weight excluding hydrogens is 257 g/mol. The van der Waals surface area contributed by atoms with Crippen molar-refractivity contribution >= 4 is 0 Å². The normalized spacial score (nSPS) is 21.9. The summed E-state index contributed by atoms with van der Waals surface area (Å²) in [6, 6.07) is 4.68. The Bertz CT molecular complexity index is 439. The van der Waals surface area contributed by atoms with Gasteiger partial charge < -0.3 is 4.74 Å². The fourth-order valence-corrected chi connectivity index (χ4v) is 2.84. The molecule has 0 bridgehead atoms. The van der Waals surface area contributed by atoms with Crippen LogP contribution >= 0.6 is 0 Å². The van der Waals surface area contributed by atoms with Crippen LogP contribution in [0, 0.1) is 12.7 Å². The predicted molar refractivity (Wildman–Crippen MR) is 77.7 cm³/mol. The van der Waals surface area contributed by atoms with Gasteiger partial charge in [0.15, 0.2) is 0 Å². The number of morpholine rings is 1. The first kappa shape index (κ1) is 15.4. The molecule has 3 N–H and O–H groups in total. The molecule has 0 spiro atoms. The van der Waals surface area contributed by atoms with Gasteiger partial charge in [-0.25, -0.2) is 4.39 Å². The third kappa shape index (κ3) is 3.55. The molecule has 2 atom stereocenters. The van der Waals surface area contributed by atoms with Gasteiger partial charge in [0.05, 0.1) is 18.8 Å². The zero-order valence-electron chi connectivity index (χ0n) is 12.2. The van der Waals surface area contributed by atoms with Crippen LogP contribution in [0.1, 0.15) is 30.5 Å². The van der Waals surface area contributed by atoms with Gasteiger partial charge >= 0.3 is 0 Å². The van der Waals surface area contributed by atoms with E-state index < -0.39 is 0 Å². The van der Waals surface area contributed by atoms with Crippen LogP contribution in [0.15, 0.2) is 18.2 Å². The number of hydrogen-bond acceptors (Lipinski definition) is 4. The Kier molecular flexibility index (Phi) is 5.48. The average molecular weight is 281 g/mol. The number of ether oxygens (including phenoxy) is 1. The van der Waals surface area contributed by atoms with Gasteiger partial charge in [0, 0.05) is 13.1 Å². The van der Waals surface area contributed by atoms with Crippen molar-refractivity contribution in [2.45, 2.75) is 32.4 Å². The second-order valence-corrected chi connectivity index (χ2v) is 5.36. The van der Waals surface area contributed by atoms with E-state index in [0.717, 1.165) is 37.2 Å². The second kappa shape index (κ2) is 7.13. The molecule has 1 fully saturated rings. The van der Waals surface area contributed by atoms with E-state index in [0.29, 0.717) is 6.61 Å². The Balaban J connectivity index is 2.14. The number of nitrogens with two attached hydrogens (primary N) is 1. The molecule has 2 rings (SSSR count). The van der Waals surface area contributed by atoms with Crippen molar-refractivity contribution in [2.75, 3.05) is 26.2 Å². The molecule has 0 radical (unpaired) electrons. The standard InChI is InChI=1S/C15H24FN3O/c1-3-6-19-7-8-20-14(10-19)15(18-17)13-5-4-12(16)9-11(13)2/h4-5,9,14-15,18H,3,6-8,10,17H2,1-2H3. The minimum atomic E-state index is -0.223. The number of nitrogens with one attached hydrogen (secondary N) is 1. The van der Waals surface area contributed by atoms with Crippen molar-refractivity contribution < 1.29 is 9.13 Å². The maximum atomic E-state index is 13.2. The first-order valence-electron chi connectivity index (χ1n) is 7.21. The maximum absolute atomic E-state index is 13.2. The highest BCUT2D eigenvalue weighted by Gasteiger charge is 2.29. The summed E-state index contributed by atoms with van der Waals surface area (Å²) in [6.45, 7) is 7.66. The molecule has 0 aromatic heterocycles. The summed E-state index contributed by atoms with van der Waals surface area (Å²) in [7, 11) is 0. The number of aryl methyl sites for hydroxylation is 1. The van der Waals surface area contributed by atoms with Gasteiger partial charge in [-0.2, -0.15) is 0 Å². The molecule has 2 unspecified atom stereocenters. The molecule has 0 saturated carbocycles. The third-order valence-corrected chi connectivity index (χ3v) is 3.84. The van der Waals surface area contributed by atoms with E-state index >= 15 is 0 Å². The van der Waals surface area contributed by atoms with Crippen LogP contribution in [-0.2, 0) is 4.74 Å². The molecule has 112 valence electrons. The average Bonchev–Trinajstić information content (AvgIpc) is 2.43. The Morgan fingerprint density at radius 3 is 3.00 bits per heavy atom. The van der Waals surface area contributed by atoms with Crippen LogP contribution < -0.4 is 11.3 Å². The summed E-state index contributed by atoms with van der Waals surface area (Å²) >= 11 is 0. The van der Waals surface area contributed by atoms with Crippen molar-refractivity contribution in [3.8, 4) is 0 Å². The van der Waals surface area contributed by atoms with Gasteiger partial charge in [-0.1, -0.05) is 13.0 Å². The van der Waals surface area contributed by atoms with Crippen LogP contribution in [0.2, 0.25) is 0 Å². The largest absolute Gasteiger partial charge is 0.374 e. The van der Waals surface area contributed by atoms with E-state index in [9.17, 15) is 4.39 Å². The molecule has 1 aromatic rings. The van der Waals surface area contributed by atoms with Gasteiger partial charge in [-0.3, -0.25) is 16.2 Å². The molecule has 5 heteroatoms. The second-order valence-electron chi connectivity index (χ2n) is 5.36. The zero-order chi connectivity index (χ0) is 14.5. The Labute approximate surface area is 120 Å². The number of benzene rings is 1. The highest BCUT2D eigenvalue weighted by atomic mass is 19.1. The summed E-state index contributed by atoms with van der Waals surface area (Å²) in [5.74, 6) is 5.50. The van der Waals surface area contributed by atoms with Gasteiger partial charge in [-0.05, 0) is 43.1 Å². The first-order valence-corrected chi connectivity index (χ1v) is 7.21. The van der Waals surface area contributed by atoms with Gasteiger partial charge in [0.2, 0.25) is 0 Å². The SMILES string of the molecule is CCCN1CCOC(C(NN)c2ccc(F)cc2C)C1. The van der Waals surface area contributed by atoms with E-state index in [1.165, 1.54) is 12.1 Å². The van der Waals surface area contributed by atoms with E-state index in [4.69, 9.17) is 10.6 Å². The lowest BCUT2D eigenvalue weighted by Crippen LogP contribution is -2.49. The van der Waals surface area contributed by atoms with E-state index in [-0.39, 0.29) is 18.0 Å². The summed E-state index contributed by atoms with van der Waals surface area (Å²) in [5, 5.41) is 0. The van der Waals surface area contributed by atoms with Crippen LogP contribution in [0.3, 0.4) is 0 Å². The molecule has 20 heavy (non-hydrogen) atoms. The van der Waals surface area contributed by atoms with Crippen LogP contribution in [0.5, 0.6) is 0 Å². The molecule has 0 amide bonds. The van der Waals surface area contributed by atoms with Crippen molar-refractivity contribution in [3.05, 3.63) is 35.1 Å². The van der Waals surface area contributed by atoms with E-state index in [1.807, 2.05) is 6.92 Å². The first-order chi connectivity index (χ1) is 9.65. The predicted octanol–water partition coefficient (Wildman–Crippen LogP) is 1.75. The van der Waals surface area contributed by atoms with Gasteiger partial charge in [-0.15, -0.1) is 0 Å². The third-order valence-electron chi connectivity index (χ3n) is 3.84. The molecule has 0 aliphatic carbocycles. The van der Waals surface area contributed by atoms with Crippen LogP contribution in [0.25, 0.3) is 0 Å². The number of hydrogen-bond donors (Lipinski definition) is 2. The summed E-state index contributed by atoms with van der Waals surface area (Å²) in [4.78, 5) is 2.39. The number of rotatable bonds is 5. The quantitative estimate of drug-likeness (QED) is 0.638. The lowest BCUT2D eigenvalue weighted by atomic mass is 9.96. The minimum absolute atomic E-state index is 0.00976. The van der Waals surface area contributed by atoms with E-state index in [2.05, 4.69) is 17.2 Å². The maximum Gasteiger partial charge on any atom is 0.123 e. The Hall–Kier alpha value is -1.01. The molecule has 1 aliphatic heterocycles. The number of halogens is 1. The minimum Gasteiger partial charge on any atom is -0.374 e. The zero-order valence-corrected chi connectivity index (χ0v) is 12.2. The molecule has 4 nitrogen and oxygen atoms in total. The number of nitrogens with zero attached hydrogens (tertiary/aromatic N) is 1. The lowest BCUT2D eigenvalue weighted by molar-refractivity contribution is -0.0472. The molecule has 1 aliphatic rings. The molecular formula is C15H24FN3O. The van der Waals surface area contributed by atoms with Crippen LogP contribution in [0.4, 0.5) is 4.39 Å². The van der Waals surface area contributed by atoms with Crippen molar-refractivity contribution in [3.63, 3.8) is 0 Å². The Morgan fingerprint density at radius 2 is 2.35 bits per heavy atom.